The van der Waals surface area contributed by atoms with Gasteiger partial charge in [0.25, 0.3) is 5.91 Å². The summed E-state index contributed by atoms with van der Waals surface area (Å²) in [4.78, 5) is 28.7. The second-order valence-electron chi connectivity index (χ2n) is 5.64. The first-order chi connectivity index (χ1) is 13.3. The van der Waals surface area contributed by atoms with E-state index in [-0.39, 0.29) is 26.3 Å². The molecule has 2 aromatic heterocycles. The largest absolute Gasteiger partial charge is 0.449 e. The molecule has 3 rings (SSSR count). The fraction of sp³-hybridized carbons (Fsp3) is 0.111. The number of esters is 1. The summed E-state index contributed by atoms with van der Waals surface area (Å²) < 4.78 is 6.73. The lowest BCUT2D eigenvalue weighted by molar-refractivity contribution is -0.123. The van der Waals surface area contributed by atoms with E-state index in [1.165, 1.54) is 31.3 Å². The lowest BCUT2D eigenvalue weighted by Crippen LogP contribution is -2.30. The SMILES string of the molecule is CC(OC(=O)c1ccc(-n2cccn2)nc1)C(=O)Nc1cc(Cl)c(Cl)cc1Cl. The average molecular weight is 440 g/mol. The van der Waals surface area contributed by atoms with Crippen LogP contribution < -0.4 is 5.32 Å². The number of amides is 1. The van der Waals surface area contributed by atoms with Crippen LogP contribution in [0.1, 0.15) is 17.3 Å². The van der Waals surface area contributed by atoms with E-state index >= 15 is 0 Å². The zero-order valence-electron chi connectivity index (χ0n) is 14.4. The van der Waals surface area contributed by atoms with Gasteiger partial charge in [-0.3, -0.25) is 4.79 Å². The van der Waals surface area contributed by atoms with Crippen molar-refractivity contribution in [1.29, 1.82) is 0 Å². The molecule has 10 heteroatoms. The van der Waals surface area contributed by atoms with E-state index in [2.05, 4.69) is 15.4 Å². The molecule has 7 nitrogen and oxygen atoms in total. The van der Waals surface area contributed by atoms with Gasteiger partial charge in [-0.1, -0.05) is 34.8 Å². The van der Waals surface area contributed by atoms with Gasteiger partial charge in [0.2, 0.25) is 0 Å². The van der Waals surface area contributed by atoms with Crippen LogP contribution in [0.15, 0.2) is 48.9 Å². The molecule has 0 aliphatic carbocycles. The van der Waals surface area contributed by atoms with Gasteiger partial charge in [0.15, 0.2) is 11.9 Å². The lowest BCUT2D eigenvalue weighted by atomic mass is 10.2. The highest BCUT2D eigenvalue weighted by molar-refractivity contribution is 6.44. The Bertz CT molecular complexity index is 1010. The molecule has 1 N–H and O–H groups in total. The van der Waals surface area contributed by atoms with Crippen molar-refractivity contribution < 1.29 is 14.3 Å². The van der Waals surface area contributed by atoms with Crippen LogP contribution in [0.2, 0.25) is 15.1 Å². The van der Waals surface area contributed by atoms with Crippen LogP contribution in [0, 0.1) is 0 Å². The molecule has 2 heterocycles. The fourth-order valence-corrected chi connectivity index (χ4v) is 2.78. The van der Waals surface area contributed by atoms with E-state index in [1.807, 2.05) is 0 Å². The van der Waals surface area contributed by atoms with Crippen molar-refractivity contribution >= 4 is 52.4 Å². The third kappa shape index (κ3) is 4.62. The van der Waals surface area contributed by atoms with Crippen LogP contribution in [0.5, 0.6) is 0 Å². The Hall–Kier alpha value is -2.61. The third-order valence-electron chi connectivity index (χ3n) is 3.64. The molecular weight excluding hydrogens is 427 g/mol. The van der Waals surface area contributed by atoms with E-state index < -0.39 is 18.0 Å². The van der Waals surface area contributed by atoms with E-state index in [0.29, 0.717) is 5.82 Å². The molecule has 1 aromatic carbocycles. The highest BCUT2D eigenvalue weighted by Gasteiger charge is 2.20. The topological polar surface area (TPSA) is 86.1 Å². The van der Waals surface area contributed by atoms with Gasteiger partial charge >= 0.3 is 5.97 Å². The number of pyridine rings is 1. The van der Waals surface area contributed by atoms with E-state index in [1.54, 1.807) is 29.2 Å². The fourth-order valence-electron chi connectivity index (χ4n) is 2.18. The normalized spacial score (nSPS) is 11.7. The number of ether oxygens (including phenoxy) is 1. The Morgan fingerprint density at radius 3 is 2.54 bits per heavy atom. The van der Waals surface area contributed by atoms with E-state index in [0.717, 1.165) is 0 Å². The van der Waals surface area contributed by atoms with Crippen LogP contribution in [-0.4, -0.2) is 32.7 Å². The molecule has 28 heavy (non-hydrogen) atoms. The lowest BCUT2D eigenvalue weighted by Gasteiger charge is -2.15. The molecule has 0 spiro atoms. The number of carbonyl (C=O) groups excluding carboxylic acids is 2. The Labute approximate surface area is 175 Å². The van der Waals surface area contributed by atoms with Gasteiger partial charge in [-0.25, -0.2) is 14.5 Å². The summed E-state index contributed by atoms with van der Waals surface area (Å²) in [5.74, 6) is -0.723. The van der Waals surface area contributed by atoms with Gasteiger partial charge in [0.1, 0.15) is 0 Å². The zero-order chi connectivity index (χ0) is 20.3. The molecule has 1 atom stereocenters. The van der Waals surface area contributed by atoms with Crippen LogP contribution in [0.4, 0.5) is 5.69 Å². The molecule has 1 unspecified atom stereocenters. The number of nitrogens with one attached hydrogen (secondary N) is 1. The zero-order valence-corrected chi connectivity index (χ0v) is 16.7. The number of hydrogen-bond donors (Lipinski definition) is 1. The van der Waals surface area contributed by atoms with Gasteiger partial charge < -0.3 is 10.1 Å². The molecule has 3 aromatic rings. The summed E-state index contributed by atoms with van der Waals surface area (Å²) in [5.41, 5.74) is 0.456. The predicted octanol–water partition coefficient (Wildman–Crippen LogP) is 4.41. The van der Waals surface area contributed by atoms with Gasteiger partial charge in [-0.2, -0.15) is 5.10 Å². The number of nitrogens with zero attached hydrogens (tertiary/aromatic N) is 3. The highest BCUT2D eigenvalue weighted by atomic mass is 35.5. The van der Waals surface area contributed by atoms with Crippen LogP contribution in [0.3, 0.4) is 0 Å². The van der Waals surface area contributed by atoms with Gasteiger partial charge in [0.05, 0.1) is 26.3 Å². The maximum Gasteiger partial charge on any atom is 0.340 e. The molecule has 0 radical (unpaired) electrons. The summed E-state index contributed by atoms with van der Waals surface area (Å²) >= 11 is 17.8. The quantitative estimate of drug-likeness (QED) is 0.470. The van der Waals surface area contributed by atoms with Crippen molar-refractivity contribution in [3.05, 3.63) is 69.6 Å². The summed E-state index contributed by atoms with van der Waals surface area (Å²) in [6.45, 7) is 1.43. The monoisotopic (exact) mass is 438 g/mol. The number of aromatic nitrogens is 3. The molecular formula is C18H13Cl3N4O3. The van der Waals surface area contributed by atoms with Gasteiger partial charge in [0, 0.05) is 18.6 Å². The third-order valence-corrected chi connectivity index (χ3v) is 4.68. The molecule has 0 aliphatic rings. The standard InChI is InChI=1S/C18H13Cl3N4O3/c1-10(17(26)24-15-8-13(20)12(19)7-14(15)21)28-18(27)11-3-4-16(22-9-11)25-6-2-5-23-25/h2-10H,1H3,(H,24,26). The van der Waals surface area contributed by atoms with Crippen molar-refractivity contribution in [3.63, 3.8) is 0 Å². The Morgan fingerprint density at radius 1 is 1.14 bits per heavy atom. The number of carbonyl (C=O) groups is 2. The number of rotatable bonds is 5. The molecule has 0 saturated carbocycles. The molecule has 0 fully saturated rings. The minimum absolute atomic E-state index is 0.197. The van der Waals surface area contributed by atoms with E-state index in [9.17, 15) is 9.59 Å². The maximum atomic E-state index is 12.3. The van der Waals surface area contributed by atoms with Crippen molar-refractivity contribution in [3.8, 4) is 5.82 Å². The number of anilines is 1. The molecule has 1 amide bonds. The summed E-state index contributed by atoms with van der Waals surface area (Å²) in [6.07, 6.45) is 3.61. The van der Waals surface area contributed by atoms with Crippen molar-refractivity contribution in [2.24, 2.45) is 0 Å². The first-order valence-corrected chi connectivity index (χ1v) is 9.11. The summed E-state index contributed by atoms with van der Waals surface area (Å²) in [7, 11) is 0. The maximum absolute atomic E-state index is 12.3. The minimum Gasteiger partial charge on any atom is -0.449 e. The minimum atomic E-state index is -1.08. The second kappa shape index (κ2) is 8.60. The molecule has 0 bridgehead atoms. The summed E-state index contributed by atoms with van der Waals surface area (Å²) in [6, 6.07) is 7.72. The first kappa shape index (κ1) is 20.1. The number of halogens is 3. The van der Waals surface area contributed by atoms with Crippen molar-refractivity contribution in [2.75, 3.05) is 5.32 Å². The Morgan fingerprint density at radius 2 is 1.89 bits per heavy atom. The van der Waals surface area contributed by atoms with Gasteiger partial charge in [-0.05, 0) is 37.3 Å². The van der Waals surface area contributed by atoms with Crippen LogP contribution in [-0.2, 0) is 9.53 Å². The second-order valence-corrected chi connectivity index (χ2v) is 6.86. The van der Waals surface area contributed by atoms with Crippen LogP contribution >= 0.6 is 34.8 Å². The molecule has 0 saturated heterocycles. The van der Waals surface area contributed by atoms with E-state index in [4.69, 9.17) is 39.5 Å². The smallest absolute Gasteiger partial charge is 0.340 e. The van der Waals surface area contributed by atoms with Gasteiger partial charge in [-0.15, -0.1) is 0 Å². The average Bonchev–Trinajstić information content (AvgIpc) is 3.21. The number of hydrogen-bond acceptors (Lipinski definition) is 5. The summed E-state index contributed by atoms with van der Waals surface area (Å²) in [5, 5.41) is 7.29. The van der Waals surface area contributed by atoms with Crippen molar-refractivity contribution in [1.82, 2.24) is 14.8 Å². The Balaban J connectivity index is 1.63. The number of benzene rings is 1. The predicted molar refractivity (Wildman–Crippen MR) is 106 cm³/mol. The highest BCUT2D eigenvalue weighted by Crippen LogP contribution is 2.32. The molecule has 144 valence electrons. The molecule has 0 aliphatic heterocycles. The first-order valence-electron chi connectivity index (χ1n) is 7.97. The van der Waals surface area contributed by atoms with Crippen LogP contribution in [0.25, 0.3) is 5.82 Å². The van der Waals surface area contributed by atoms with Crippen molar-refractivity contribution in [2.45, 2.75) is 13.0 Å². The Kier molecular flexibility index (Phi) is 6.18.